The second kappa shape index (κ2) is 6.38. The Balaban J connectivity index is 1.60. The highest BCUT2D eigenvalue weighted by Gasteiger charge is 2.35. The molecular weight excluding hydrogens is 280 g/mol. The maximum atomic E-state index is 12.2. The SMILES string of the molecule is COc1cccc(N2CC(C(=O)NCC3CCC3)CC2=O)c1. The van der Waals surface area contributed by atoms with Crippen LogP contribution < -0.4 is 15.0 Å². The number of methoxy groups -OCH3 is 1. The Bertz CT molecular complexity index is 569. The molecule has 118 valence electrons. The zero-order valence-electron chi connectivity index (χ0n) is 12.9. The van der Waals surface area contributed by atoms with Gasteiger partial charge in [0.05, 0.1) is 13.0 Å². The van der Waals surface area contributed by atoms with E-state index in [4.69, 9.17) is 4.74 Å². The van der Waals surface area contributed by atoms with Crippen molar-refractivity contribution in [2.75, 3.05) is 25.1 Å². The van der Waals surface area contributed by atoms with Crippen LogP contribution in [-0.4, -0.2) is 32.0 Å². The van der Waals surface area contributed by atoms with Gasteiger partial charge in [-0.3, -0.25) is 9.59 Å². The molecule has 0 radical (unpaired) electrons. The molecule has 1 aromatic rings. The van der Waals surface area contributed by atoms with Crippen molar-refractivity contribution in [3.8, 4) is 5.75 Å². The predicted octanol–water partition coefficient (Wildman–Crippen LogP) is 1.96. The summed E-state index contributed by atoms with van der Waals surface area (Å²) in [6.07, 6.45) is 3.97. The van der Waals surface area contributed by atoms with E-state index in [0.29, 0.717) is 18.2 Å². The van der Waals surface area contributed by atoms with E-state index >= 15 is 0 Å². The minimum atomic E-state index is -0.251. The molecule has 0 spiro atoms. The molecule has 1 atom stereocenters. The largest absolute Gasteiger partial charge is 0.497 e. The van der Waals surface area contributed by atoms with Crippen molar-refractivity contribution in [2.45, 2.75) is 25.7 Å². The highest BCUT2D eigenvalue weighted by Crippen LogP contribution is 2.28. The molecule has 1 aliphatic heterocycles. The van der Waals surface area contributed by atoms with Gasteiger partial charge in [-0.2, -0.15) is 0 Å². The van der Waals surface area contributed by atoms with Crippen LogP contribution in [0.25, 0.3) is 0 Å². The van der Waals surface area contributed by atoms with Gasteiger partial charge >= 0.3 is 0 Å². The highest BCUT2D eigenvalue weighted by molar-refractivity contribution is 6.00. The summed E-state index contributed by atoms with van der Waals surface area (Å²) in [5.41, 5.74) is 0.790. The van der Waals surface area contributed by atoms with Gasteiger partial charge in [-0.1, -0.05) is 12.5 Å². The molecule has 2 fully saturated rings. The van der Waals surface area contributed by atoms with Crippen LogP contribution in [0, 0.1) is 11.8 Å². The molecule has 5 nitrogen and oxygen atoms in total. The zero-order valence-corrected chi connectivity index (χ0v) is 12.9. The Hall–Kier alpha value is -2.04. The van der Waals surface area contributed by atoms with Crippen molar-refractivity contribution in [3.05, 3.63) is 24.3 Å². The molecule has 1 unspecified atom stereocenters. The molecule has 1 heterocycles. The lowest BCUT2D eigenvalue weighted by molar-refractivity contribution is -0.126. The monoisotopic (exact) mass is 302 g/mol. The zero-order chi connectivity index (χ0) is 15.5. The van der Waals surface area contributed by atoms with Crippen molar-refractivity contribution in [3.63, 3.8) is 0 Å². The molecule has 0 bridgehead atoms. The first-order chi connectivity index (χ1) is 10.7. The third-order valence-electron chi connectivity index (χ3n) is 4.65. The Labute approximate surface area is 130 Å². The van der Waals surface area contributed by atoms with Crippen LogP contribution in [-0.2, 0) is 9.59 Å². The summed E-state index contributed by atoms with van der Waals surface area (Å²) in [7, 11) is 1.60. The summed E-state index contributed by atoms with van der Waals surface area (Å²) in [6.45, 7) is 1.20. The minimum Gasteiger partial charge on any atom is -0.497 e. The maximum Gasteiger partial charge on any atom is 0.227 e. The number of ether oxygens (including phenoxy) is 1. The van der Waals surface area contributed by atoms with E-state index in [1.165, 1.54) is 19.3 Å². The summed E-state index contributed by atoms with van der Waals surface area (Å²) in [5.74, 6) is 1.10. The fourth-order valence-corrected chi connectivity index (χ4v) is 3.00. The van der Waals surface area contributed by atoms with Gasteiger partial charge in [0.15, 0.2) is 0 Å². The Morgan fingerprint density at radius 3 is 2.91 bits per heavy atom. The number of hydrogen-bond donors (Lipinski definition) is 1. The van der Waals surface area contributed by atoms with Crippen molar-refractivity contribution in [2.24, 2.45) is 11.8 Å². The van der Waals surface area contributed by atoms with Gasteiger partial charge in [-0.25, -0.2) is 0 Å². The van der Waals surface area contributed by atoms with Crippen molar-refractivity contribution >= 4 is 17.5 Å². The van der Waals surface area contributed by atoms with Gasteiger partial charge in [0, 0.05) is 31.3 Å². The lowest BCUT2D eigenvalue weighted by Crippen LogP contribution is -2.37. The first kappa shape index (κ1) is 14.9. The number of nitrogens with one attached hydrogen (secondary N) is 1. The highest BCUT2D eigenvalue weighted by atomic mass is 16.5. The number of carbonyl (C=O) groups excluding carboxylic acids is 2. The summed E-state index contributed by atoms with van der Waals surface area (Å²) in [5, 5.41) is 3.00. The standard InChI is InChI=1S/C17H22N2O3/c1-22-15-7-3-6-14(9-15)19-11-13(8-16(19)20)17(21)18-10-12-4-2-5-12/h3,6-7,9,12-13H,2,4-5,8,10-11H2,1H3,(H,18,21). The Morgan fingerprint density at radius 1 is 1.41 bits per heavy atom. The van der Waals surface area contributed by atoms with Crippen LogP contribution in [0.3, 0.4) is 0 Å². The molecule has 1 N–H and O–H groups in total. The molecule has 2 amide bonds. The number of carbonyl (C=O) groups is 2. The van der Waals surface area contributed by atoms with Crippen LogP contribution in [0.2, 0.25) is 0 Å². The van der Waals surface area contributed by atoms with Gasteiger partial charge in [0.25, 0.3) is 0 Å². The fraction of sp³-hybridized carbons (Fsp3) is 0.529. The number of rotatable bonds is 5. The molecule has 22 heavy (non-hydrogen) atoms. The summed E-state index contributed by atoms with van der Waals surface area (Å²) >= 11 is 0. The second-order valence-electron chi connectivity index (χ2n) is 6.15. The van der Waals surface area contributed by atoms with Gasteiger partial charge in [0.2, 0.25) is 11.8 Å². The molecule has 1 aliphatic carbocycles. The average molecular weight is 302 g/mol. The molecule has 0 aromatic heterocycles. The summed E-state index contributed by atoms with van der Waals surface area (Å²) < 4.78 is 5.19. The van der Waals surface area contributed by atoms with Crippen molar-refractivity contribution < 1.29 is 14.3 Å². The number of nitrogens with zero attached hydrogens (tertiary/aromatic N) is 1. The van der Waals surface area contributed by atoms with E-state index in [-0.39, 0.29) is 24.2 Å². The van der Waals surface area contributed by atoms with Crippen LogP contribution in [0.4, 0.5) is 5.69 Å². The van der Waals surface area contributed by atoms with Gasteiger partial charge in [-0.05, 0) is 30.9 Å². The molecule has 3 rings (SSSR count). The van der Waals surface area contributed by atoms with Crippen LogP contribution in [0.1, 0.15) is 25.7 Å². The maximum absolute atomic E-state index is 12.2. The van der Waals surface area contributed by atoms with E-state index in [1.54, 1.807) is 12.0 Å². The molecule has 2 aliphatic rings. The minimum absolute atomic E-state index is 0.00273. The van der Waals surface area contributed by atoms with Gasteiger partial charge in [0.1, 0.15) is 5.75 Å². The van der Waals surface area contributed by atoms with Gasteiger partial charge < -0.3 is 15.0 Å². The Kier molecular flexibility index (Phi) is 4.32. The van der Waals surface area contributed by atoms with Crippen LogP contribution in [0.15, 0.2) is 24.3 Å². The first-order valence-corrected chi connectivity index (χ1v) is 7.89. The lowest BCUT2D eigenvalue weighted by atomic mass is 9.85. The third kappa shape index (κ3) is 3.08. The van der Waals surface area contributed by atoms with Crippen LogP contribution in [0.5, 0.6) is 5.75 Å². The number of hydrogen-bond acceptors (Lipinski definition) is 3. The normalized spacial score (nSPS) is 21.6. The molecule has 1 saturated carbocycles. The predicted molar refractivity (Wildman–Crippen MR) is 83.8 cm³/mol. The van der Waals surface area contributed by atoms with Crippen molar-refractivity contribution in [1.82, 2.24) is 5.32 Å². The van der Waals surface area contributed by atoms with E-state index < -0.39 is 0 Å². The molecule has 5 heteroatoms. The Morgan fingerprint density at radius 2 is 2.23 bits per heavy atom. The molecular formula is C17H22N2O3. The molecule has 1 aromatic carbocycles. The second-order valence-corrected chi connectivity index (χ2v) is 6.15. The van der Waals surface area contributed by atoms with Gasteiger partial charge in [-0.15, -0.1) is 0 Å². The number of benzene rings is 1. The van der Waals surface area contributed by atoms with E-state index in [9.17, 15) is 9.59 Å². The van der Waals surface area contributed by atoms with Crippen molar-refractivity contribution in [1.29, 1.82) is 0 Å². The average Bonchev–Trinajstić information content (AvgIpc) is 2.87. The topological polar surface area (TPSA) is 58.6 Å². The lowest BCUT2D eigenvalue weighted by Gasteiger charge is -2.26. The summed E-state index contributed by atoms with van der Waals surface area (Å²) in [6, 6.07) is 7.39. The quantitative estimate of drug-likeness (QED) is 0.904. The fourth-order valence-electron chi connectivity index (χ4n) is 3.00. The first-order valence-electron chi connectivity index (χ1n) is 7.89. The van der Waals surface area contributed by atoms with Crippen LogP contribution >= 0.6 is 0 Å². The summed E-state index contributed by atoms with van der Waals surface area (Å²) in [4.78, 5) is 26.1. The smallest absolute Gasteiger partial charge is 0.227 e. The number of amides is 2. The van der Waals surface area contributed by atoms with E-state index in [0.717, 1.165) is 12.2 Å². The third-order valence-corrected chi connectivity index (χ3v) is 4.65. The van der Waals surface area contributed by atoms with E-state index in [2.05, 4.69) is 5.32 Å². The number of anilines is 1. The van der Waals surface area contributed by atoms with E-state index in [1.807, 2.05) is 24.3 Å². The molecule has 1 saturated heterocycles.